The van der Waals surface area contributed by atoms with Gasteiger partial charge in [-0.15, -0.1) is 10.2 Å². The SMILES string of the molecule is CC(=O)Nc1cccc(Nc2nnc(SCCOc3cccc(Br)c3)s2)c1. The van der Waals surface area contributed by atoms with Crippen LogP contribution in [0.4, 0.5) is 16.5 Å². The van der Waals surface area contributed by atoms with E-state index in [9.17, 15) is 4.79 Å². The normalized spacial score (nSPS) is 10.4. The lowest BCUT2D eigenvalue weighted by molar-refractivity contribution is -0.114. The molecule has 0 saturated heterocycles. The Morgan fingerprint density at radius 2 is 2.00 bits per heavy atom. The lowest BCUT2D eigenvalue weighted by Crippen LogP contribution is -2.05. The minimum Gasteiger partial charge on any atom is -0.493 e. The molecule has 0 bridgehead atoms. The van der Waals surface area contributed by atoms with Gasteiger partial charge in [0.1, 0.15) is 5.75 Å². The highest BCUT2D eigenvalue weighted by atomic mass is 79.9. The van der Waals surface area contributed by atoms with Crippen LogP contribution < -0.4 is 15.4 Å². The van der Waals surface area contributed by atoms with E-state index in [2.05, 4.69) is 36.8 Å². The van der Waals surface area contributed by atoms with Gasteiger partial charge in [0.25, 0.3) is 0 Å². The molecule has 1 amide bonds. The first kappa shape index (κ1) is 19.7. The lowest BCUT2D eigenvalue weighted by atomic mass is 10.3. The number of rotatable bonds is 8. The van der Waals surface area contributed by atoms with Gasteiger partial charge in [0.2, 0.25) is 11.0 Å². The fourth-order valence-corrected chi connectivity index (χ4v) is 4.20. The van der Waals surface area contributed by atoms with Gasteiger partial charge in [-0.05, 0) is 36.4 Å². The Morgan fingerprint density at radius 1 is 1.19 bits per heavy atom. The summed E-state index contributed by atoms with van der Waals surface area (Å²) in [5.41, 5.74) is 1.57. The van der Waals surface area contributed by atoms with Crippen LogP contribution in [0, 0.1) is 0 Å². The number of hydrogen-bond acceptors (Lipinski definition) is 7. The van der Waals surface area contributed by atoms with Crippen LogP contribution in [-0.2, 0) is 4.79 Å². The summed E-state index contributed by atoms with van der Waals surface area (Å²) in [5, 5.41) is 15.0. The largest absolute Gasteiger partial charge is 0.493 e. The van der Waals surface area contributed by atoms with Crippen LogP contribution in [0.1, 0.15) is 6.92 Å². The standard InChI is InChI=1S/C18H17BrN4O2S2/c1-12(24)20-14-5-3-6-15(11-14)21-17-22-23-18(27-17)26-9-8-25-16-7-2-4-13(19)10-16/h2-7,10-11H,8-9H2,1H3,(H,20,24)(H,21,22). The van der Waals surface area contributed by atoms with Gasteiger partial charge in [0, 0.05) is 28.5 Å². The summed E-state index contributed by atoms with van der Waals surface area (Å²) in [6.45, 7) is 2.07. The van der Waals surface area contributed by atoms with Crippen molar-refractivity contribution >= 4 is 61.4 Å². The summed E-state index contributed by atoms with van der Waals surface area (Å²) >= 11 is 6.50. The molecule has 3 aromatic rings. The highest BCUT2D eigenvalue weighted by Crippen LogP contribution is 2.28. The Balaban J connectivity index is 1.48. The van der Waals surface area contributed by atoms with Crippen molar-refractivity contribution in [3.8, 4) is 5.75 Å². The number of anilines is 3. The van der Waals surface area contributed by atoms with Gasteiger partial charge in [-0.1, -0.05) is 51.2 Å². The quantitative estimate of drug-likeness (QED) is 0.353. The molecule has 0 aliphatic carbocycles. The van der Waals surface area contributed by atoms with E-state index in [1.807, 2.05) is 48.5 Å². The van der Waals surface area contributed by atoms with Gasteiger partial charge in [-0.3, -0.25) is 4.79 Å². The summed E-state index contributed by atoms with van der Waals surface area (Å²) < 4.78 is 7.58. The van der Waals surface area contributed by atoms with E-state index in [0.717, 1.165) is 31.7 Å². The zero-order valence-electron chi connectivity index (χ0n) is 14.4. The van der Waals surface area contributed by atoms with E-state index >= 15 is 0 Å². The van der Waals surface area contributed by atoms with E-state index in [1.54, 1.807) is 11.8 Å². The van der Waals surface area contributed by atoms with E-state index in [1.165, 1.54) is 18.3 Å². The summed E-state index contributed by atoms with van der Waals surface area (Å²) in [6.07, 6.45) is 0. The van der Waals surface area contributed by atoms with Crippen molar-refractivity contribution in [1.82, 2.24) is 10.2 Å². The lowest BCUT2D eigenvalue weighted by Gasteiger charge is -2.06. The van der Waals surface area contributed by atoms with Crippen molar-refractivity contribution in [3.63, 3.8) is 0 Å². The van der Waals surface area contributed by atoms with Crippen molar-refractivity contribution in [1.29, 1.82) is 0 Å². The first-order valence-electron chi connectivity index (χ1n) is 8.08. The Labute approximate surface area is 173 Å². The number of hydrogen-bond donors (Lipinski definition) is 2. The van der Waals surface area contributed by atoms with Gasteiger partial charge in [0.15, 0.2) is 4.34 Å². The van der Waals surface area contributed by atoms with Crippen LogP contribution in [-0.4, -0.2) is 28.5 Å². The topological polar surface area (TPSA) is 76.1 Å². The van der Waals surface area contributed by atoms with Crippen LogP contribution in [0.5, 0.6) is 5.75 Å². The minimum absolute atomic E-state index is 0.105. The maximum atomic E-state index is 11.2. The third-order valence-corrected chi connectivity index (χ3v) is 5.64. The molecular weight excluding hydrogens is 448 g/mol. The molecule has 140 valence electrons. The number of thioether (sulfide) groups is 1. The smallest absolute Gasteiger partial charge is 0.221 e. The van der Waals surface area contributed by atoms with E-state index in [0.29, 0.717) is 11.7 Å². The first-order chi connectivity index (χ1) is 13.1. The molecule has 2 N–H and O–H groups in total. The molecule has 0 aliphatic heterocycles. The van der Waals surface area contributed by atoms with Gasteiger partial charge >= 0.3 is 0 Å². The molecule has 0 aliphatic rings. The number of nitrogens with zero attached hydrogens (tertiary/aromatic N) is 2. The van der Waals surface area contributed by atoms with Crippen LogP contribution in [0.2, 0.25) is 0 Å². The maximum absolute atomic E-state index is 11.2. The van der Waals surface area contributed by atoms with Crippen LogP contribution in [0.15, 0.2) is 57.3 Å². The molecule has 0 unspecified atom stereocenters. The van der Waals surface area contributed by atoms with Gasteiger partial charge < -0.3 is 15.4 Å². The first-order valence-corrected chi connectivity index (χ1v) is 10.7. The summed E-state index contributed by atoms with van der Waals surface area (Å²) in [4.78, 5) is 11.2. The van der Waals surface area contributed by atoms with E-state index in [4.69, 9.17) is 4.74 Å². The van der Waals surface area contributed by atoms with E-state index < -0.39 is 0 Å². The second-order valence-corrected chi connectivity index (χ2v) is 8.65. The zero-order valence-corrected chi connectivity index (χ0v) is 17.7. The number of aromatic nitrogens is 2. The number of carbonyl (C=O) groups excluding carboxylic acids is 1. The van der Waals surface area contributed by atoms with Crippen molar-refractivity contribution in [2.24, 2.45) is 0 Å². The molecule has 1 heterocycles. The number of ether oxygens (including phenoxy) is 1. The van der Waals surface area contributed by atoms with Crippen molar-refractivity contribution in [2.75, 3.05) is 23.0 Å². The van der Waals surface area contributed by atoms with Crippen LogP contribution in [0.3, 0.4) is 0 Å². The predicted octanol–water partition coefficient (Wildman–Crippen LogP) is 5.17. The molecule has 3 rings (SSSR count). The molecule has 0 atom stereocenters. The van der Waals surface area contributed by atoms with Crippen LogP contribution >= 0.6 is 39.0 Å². The number of nitrogens with one attached hydrogen (secondary N) is 2. The van der Waals surface area contributed by atoms with Gasteiger partial charge in [-0.2, -0.15) is 0 Å². The average molecular weight is 465 g/mol. The third-order valence-electron chi connectivity index (χ3n) is 3.21. The summed E-state index contributed by atoms with van der Waals surface area (Å²) in [7, 11) is 0. The van der Waals surface area contributed by atoms with Gasteiger partial charge in [-0.25, -0.2) is 0 Å². The molecule has 9 heteroatoms. The number of benzene rings is 2. The fraction of sp³-hybridized carbons (Fsp3) is 0.167. The maximum Gasteiger partial charge on any atom is 0.221 e. The predicted molar refractivity (Wildman–Crippen MR) is 114 cm³/mol. The summed E-state index contributed by atoms with van der Waals surface area (Å²) in [6, 6.07) is 15.2. The number of carbonyl (C=O) groups is 1. The van der Waals surface area contributed by atoms with E-state index in [-0.39, 0.29) is 5.91 Å². The highest BCUT2D eigenvalue weighted by molar-refractivity contribution is 9.10. The molecular formula is C18H17BrN4O2S2. The molecule has 0 saturated carbocycles. The van der Waals surface area contributed by atoms with Gasteiger partial charge in [0.05, 0.1) is 6.61 Å². The fourth-order valence-electron chi connectivity index (χ4n) is 2.17. The van der Waals surface area contributed by atoms with Crippen molar-refractivity contribution < 1.29 is 9.53 Å². The second kappa shape index (κ2) is 9.72. The Bertz CT molecular complexity index is 920. The Kier molecular flexibility index (Phi) is 7.08. The number of halogens is 1. The third kappa shape index (κ3) is 6.53. The van der Waals surface area contributed by atoms with Crippen molar-refractivity contribution in [2.45, 2.75) is 11.3 Å². The monoisotopic (exact) mass is 464 g/mol. The second-order valence-electron chi connectivity index (χ2n) is 5.41. The molecule has 27 heavy (non-hydrogen) atoms. The highest BCUT2D eigenvalue weighted by Gasteiger charge is 2.06. The molecule has 1 aromatic heterocycles. The number of amides is 1. The Hall–Kier alpha value is -2.10. The summed E-state index contributed by atoms with van der Waals surface area (Å²) in [5.74, 6) is 1.51. The van der Waals surface area contributed by atoms with Crippen molar-refractivity contribution in [3.05, 3.63) is 53.0 Å². The molecule has 6 nitrogen and oxygen atoms in total. The molecule has 2 aromatic carbocycles. The average Bonchev–Trinajstić information content (AvgIpc) is 3.06. The Morgan fingerprint density at radius 3 is 2.81 bits per heavy atom. The molecule has 0 radical (unpaired) electrons. The van der Waals surface area contributed by atoms with Crippen LogP contribution in [0.25, 0.3) is 0 Å². The minimum atomic E-state index is -0.105. The molecule has 0 fully saturated rings. The zero-order chi connectivity index (χ0) is 19.1. The molecule has 0 spiro atoms.